The van der Waals surface area contributed by atoms with Gasteiger partial charge in [-0.25, -0.2) is 14.8 Å². The number of nitrogens with zero attached hydrogens (tertiary/aromatic N) is 2. The number of rotatable bonds is 8. The molecule has 30 heavy (non-hydrogen) atoms. The number of ether oxygens (including phenoxy) is 4. The topological polar surface area (TPSA) is 109 Å². The van der Waals surface area contributed by atoms with Crippen molar-refractivity contribution in [2.45, 2.75) is 0 Å². The van der Waals surface area contributed by atoms with Crippen LogP contribution in [0.4, 0.5) is 5.69 Å². The Morgan fingerprint density at radius 2 is 1.70 bits per heavy atom. The molecule has 1 N–H and O–H groups in total. The van der Waals surface area contributed by atoms with Crippen molar-refractivity contribution in [1.29, 1.82) is 0 Å². The van der Waals surface area contributed by atoms with Gasteiger partial charge in [0.2, 0.25) is 0 Å². The Morgan fingerprint density at radius 3 is 2.37 bits per heavy atom. The number of benzene rings is 2. The van der Waals surface area contributed by atoms with E-state index < -0.39 is 5.97 Å². The van der Waals surface area contributed by atoms with Crippen LogP contribution in [0.2, 0.25) is 0 Å². The lowest BCUT2D eigenvalue weighted by Gasteiger charge is -2.12. The molecule has 0 spiro atoms. The fourth-order valence-electron chi connectivity index (χ4n) is 2.38. The zero-order chi connectivity index (χ0) is 21.3. The first-order valence-electron chi connectivity index (χ1n) is 8.83. The molecule has 2 aromatic carbocycles. The molecule has 154 valence electrons. The average Bonchev–Trinajstić information content (AvgIpc) is 2.79. The largest absolute Gasteiger partial charge is 0.493 e. The minimum atomic E-state index is -0.523. The number of esters is 1. The van der Waals surface area contributed by atoms with E-state index in [0.29, 0.717) is 28.5 Å². The molecule has 9 heteroatoms. The maximum absolute atomic E-state index is 12.5. The van der Waals surface area contributed by atoms with Crippen molar-refractivity contribution in [1.82, 2.24) is 9.97 Å². The molecule has 3 aromatic rings. The number of hydrogen-bond donors (Lipinski definition) is 1. The second-order valence-corrected chi connectivity index (χ2v) is 5.84. The van der Waals surface area contributed by atoms with E-state index in [1.54, 1.807) is 54.9 Å². The number of carbonyl (C=O) groups is 2. The fraction of sp³-hybridized carbons (Fsp3) is 0.143. The average molecular weight is 409 g/mol. The minimum absolute atomic E-state index is 0.232. The number of nitrogens with one attached hydrogen (secondary N) is 1. The van der Waals surface area contributed by atoms with E-state index >= 15 is 0 Å². The molecule has 0 aliphatic rings. The summed E-state index contributed by atoms with van der Waals surface area (Å²) in [6.07, 6.45) is 3.16. The van der Waals surface area contributed by atoms with Gasteiger partial charge in [0.15, 0.2) is 18.1 Å². The van der Waals surface area contributed by atoms with Crippen molar-refractivity contribution in [3.63, 3.8) is 0 Å². The Hall–Kier alpha value is -4.14. The molecule has 1 amide bonds. The van der Waals surface area contributed by atoms with Crippen LogP contribution in [0.5, 0.6) is 23.3 Å². The molecule has 0 saturated carbocycles. The molecule has 0 saturated heterocycles. The van der Waals surface area contributed by atoms with E-state index in [1.807, 2.05) is 0 Å². The number of amides is 1. The van der Waals surface area contributed by atoms with E-state index in [1.165, 1.54) is 20.3 Å². The highest BCUT2D eigenvalue weighted by molar-refractivity contribution is 6.04. The maximum Gasteiger partial charge on any atom is 0.343 e. The summed E-state index contributed by atoms with van der Waals surface area (Å²) in [5, 5.41) is 2.78. The van der Waals surface area contributed by atoms with Crippen molar-refractivity contribution in [2.75, 3.05) is 26.1 Å². The second kappa shape index (κ2) is 9.87. The normalized spacial score (nSPS) is 10.1. The number of methoxy groups -OCH3 is 2. The summed E-state index contributed by atoms with van der Waals surface area (Å²) in [6, 6.07) is 13.3. The van der Waals surface area contributed by atoms with Crippen molar-refractivity contribution in [3.8, 4) is 23.3 Å². The van der Waals surface area contributed by atoms with Crippen LogP contribution < -0.4 is 19.5 Å². The molecular weight excluding hydrogens is 390 g/mol. The second-order valence-electron chi connectivity index (χ2n) is 5.84. The van der Waals surface area contributed by atoms with Gasteiger partial charge in [-0.1, -0.05) is 0 Å². The van der Waals surface area contributed by atoms with Gasteiger partial charge < -0.3 is 24.3 Å². The molecule has 1 heterocycles. The number of carbonyl (C=O) groups excluding carboxylic acids is 2. The summed E-state index contributed by atoms with van der Waals surface area (Å²) in [4.78, 5) is 31.7. The zero-order valence-electron chi connectivity index (χ0n) is 16.3. The lowest BCUT2D eigenvalue weighted by Crippen LogP contribution is -2.14. The summed E-state index contributed by atoms with van der Waals surface area (Å²) in [5.41, 5.74) is 0.932. The summed E-state index contributed by atoms with van der Waals surface area (Å²) in [6.45, 7) is -0.263. The summed E-state index contributed by atoms with van der Waals surface area (Å²) >= 11 is 0. The molecule has 0 radical (unpaired) electrons. The van der Waals surface area contributed by atoms with Crippen LogP contribution in [-0.2, 0) is 9.53 Å². The van der Waals surface area contributed by atoms with Gasteiger partial charge in [0.25, 0.3) is 5.91 Å². The van der Waals surface area contributed by atoms with Crippen molar-refractivity contribution >= 4 is 17.6 Å². The molecule has 9 nitrogen and oxygen atoms in total. The van der Waals surface area contributed by atoms with Crippen LogP contribution in [0.25, 0.3) is 0 Å². The summed E-state index contributed by atoms with van der Waals surface area (Å²) in [5.74, 6) is 0.313. The maximum atomic E-state index is 12.5. The van der Waals surface area contributed by atoms with Gasteiger partial charge in [-0.3, -0.25) is 4.79 Å². The zero-order valence-corrected chi connectivity index (χ0v) is 16.3. The van der Waals surface area contributed by atoms with E-state index in [0.717, 1.165) is 0 Å². The number of aromatic nitrogens is 2. The standard InChI is InChI=1S/C21H19N3O6/c1-27-18-12-14(4-9-17(18)29-13-19(25)28-2)20(26)24-15-5-7-16(8-6-15)30-21-22-10-3-11-23-21/h3-12H,13H2,1-2H3,(H,24,26). The van der Waals surface area contributed by atoms with Gasteiger partial charge in [-0.15, -0.1) is 0 Å². The van der Waals surface area contributed by atoms with Crippen LogP contribution in [-0.4, -0.2) is 42.7 Å². The Bertz CT molecular complexity index is 1010. The van der Waals surface area contributed by atoms with Gasteiger partial charge in [-0.05, 0) is 48.5 Å². The van der Waals surface area contributed by atoms with Gasteiger partial charge in [0.05, 0.1) is 14.2 Å². The van der Waals surface area contributed by atoms with E-state index in [-0.39, 0.29) is 18.5 Å². The highest BCUT2D eigenvalue weighted by atomic mass is 16.6. The van der Waals surface area contributed by atoms with E-state index in [2.05, 4.69) is 20.0 Å². The van der Waals surface area contributed by atoms with Crippen LogP contribution in [0.15, 0.2) is 60.9 Å². The van der Waals surface area contributed by atoms with Crippen LogP contribution in [0.1, 0.15) is 10.4 Å². The predicted octanol–water partition coefficient (Wildman–Crippen LogP) is 3.08. The number of anilines is 1. The Kier molecular flexibility index (Phi) is 6.78. The lowest BCUT2D eigenvalue weighted by atomic mass is 10.2. The smallest absolute Gasteiger partial charge is 0.343 e. The first-order valence-corrected chi connectivity index (χ1v) is 8.83. The van der Waals surface area contributed by atoms with Gasteiger partial charge >= 0.3 is 12.0 Å². The lowest BCUT2D eigenvalue weighted by molar-refractivity contribution is -0.142. The van der Waals surface area contributed by atoms with Crippen LogP contribution in [0.3, 0.4) is 0 Å². The van der Waals surface area contributed by atoms with Crippen molar-refractivity contribution in [2.24, 2.45) is 0 Å². The molecule has 3 rings (SSSR count). The first kappa shape index (κ1) is 20.6. The van der Waals surface area contributed by atoms with E-state index in [4.69, 9.17) is 14.2 Å². The Labute approximate surface area is 172 Å². The molecule has 0 atom stereocenters. The monoisotopic (exact) mass is 409 g/mol. The summed E-state index contributed by atoms with van der Waals surface area (Å²) < 4.78 is 20.6. The van der Waals surface area contributed by atoms with Gasteiger partial charge in [0.1, 0.15) is 5.75 Å². The third kappa shape index (κ3) is 5.44. The molecule has 0 fully saturated rings. The van der Waals surface area contributed by atoms with Crippen molar-refractivity contribution < 1.29 is 28.5 Å². The Balaban J connectivity index is 1.64. The van der Waals surface area contributed by atoms with E-state index in [9.17, 15) is 9.59 Å². The molecule has 0 unspecified atom stereocenters. The Morgan fingerprint density at radius 1 is 0.967 bits per heavy atom. The SMILES string of the molecule is COC(=O)COc1ccc(C(=O)Nc2ccc(Oc3ncccn3)cc2)cc1OC. The van der Waals surface area contributed by atoms with Crippen LogP contribution in [0, 0.1) is 0 Å². The fourth-order valence-corrected chi connectivity index (χ4v) is 2.38. The number of hydrogen-bond acceptors (Lipinski definition) is 8. The van der Waals surface area contributed by atoms with Crippen LogP contribution >= 0.6 is 0 Å². The molecular formula is C21H19N3O6. The molecule has 0 bridgehead atoms. The predicted molar refractivity (Wildman–Crippen MR) is 107 cm³/mol. The third-order valence-electron chi connectivity index (χ3n) is 3.86. The molecule has 1 aromatic heterocycles. The first-order chi connectivity index (χ1) is 14.6. The van der Waals surface area contributed by atoms with Crippen molar-refractivity contribution in [3.05, 3.63) is 66.5 Å². The third-order valence-corrected chi connectivity index (χ3v) is 3.86. The highest BCUT2D eigenvalue weighted by Gasteiger charge is 2.13. The quantitative estimate of drug-likeness (QED) is 0.566. The molecule has 0 aliphatic carbocycles. The minimum Gasteiger partial charge on any atom is -0.493 e. The highest BCUT2D eigenvalue weighted by Crippen LogP contribution is 2.28. The summed E-state index contributed by atoms with van der Waals surface area (Å²) in [7, 11) is 2.71. The molecule has 0 aliphatic heterocycles. The van der Waals surface area contributed by atoms with Gasteiger partial charge in [-0.2, -0.15) is 0 Å². The van der Waals surface area contributed by atoms with Gasteiger partial charge in [0, 0.05) is 23.6 Å².